The van der Waals surface area contributed by atoms with Crippen LogP contribution in [0.25, 0.3) is 0 Å². The number of nitrogens with zero attached hydrogens (tertiary/aromatic N) is 1. The predicted molar refractivity (Wildman–Crippen MR) is 81.4 cm³/mol. The van der Waals surface area contributed by atoms with E-state index < -0.39 is 11.2 Å². The molecule has 0 fully saturated rings. The fourth-order valence-electron chi connectivity index (χ4n) is 1.91. The molecule has 7 heteroatoms. The summed E-state index contributed by atoms with van der Waals surface area (Å²) in [5.41, 5.74) is 0.912. The van der Waals surface area contributed by atoms with Gasteiger partial charge in [0, 0.05) is 15.5 Å². The second-order valence-corrected chi connectivity index (χ2v) is 6.49. The van der Waals surface area contributed by atoms with E-state index in [1.165, 1.54) is 6.20 Å². The van der Waals surface area contributed by atoms with Crippen molar-refractivity contribution in [3.63, 3.8) is 0 Å². The minimum absolute atomic E-state index is 0.281. The van der Waals surface area contributed by atoms with Crippen molar-refractivity contribution in [1.29, 1.82) is 0 Å². The van der Waals surface area contributed by atoms with E-state index in [1.807, 2.05) is 31.2 Å². The molecule has 2 aromatic rings. The molecule has 2 rings (SSSR count). The fraction of sp³-hybridized carbons (Fsp3) is 0.357. The molecule has 0 bridgehead atoms. The van der Waals surface area contributed by atoms with Gasteiger partial charge >= 0.3 is 6.18 Å². The van der Waals surface area contributed by atoms with Crippen LogP contribution in [-0.4, -0.2) is 11.5 Å². The van der Waals surface area contributed by atoms with E-state index >= 15 is 0 Å². The second-order valence-electron chi connectivity index (χ2n) is 4.51. The third-order valence-corrected chi connectivity index (χ3v) is 4.43. The van der Waals surface area contributed by atoms with Crippen LogP contribution in [-0.2, 0) is 6.18 Å². The first-order valence-electron chi connectivity index (χ1n) is 6.43. The Bertz CT molecular complexity index is 598. The molecular weight excluding hydrogens is 365 g/mol. The van der Waals surface area contributed by atoms with Crippen molar-refractivity contribution in [3.8, 4) is 0 Å². The molecule has 1 aromatic carbocycles. The zero-order chi connectivity index (χ0) is 15.5. The summed E-state index contributed by atoms with van der Waals surface area (Å²) in [6.07, 6.45) is -2.19. The number of thiazole rings is 1. The number of rotatable bonds is 5. The number of hydrogen-bond acceptors (Lipinski definition) is 3. The molecule has 1 aromatic heterocycles. The van der Waals surface area contributed by atoms with Crippen LogP contribution in [0.2, 0.25) is 0 Å². The van der Waals surface area contributed by atoms with E-state index in [0.29, 0.717) is 16.2 Å². The first-order chi connectivity index (χ1) is 9.91. The maximum absolute atomic E-state index is 12.7. The number of nitrogens with one attached hydrogen (secondary N) is 1. The quantitative estimate of drug-likeness (QED) is 0.790. The molecular formula is C14H14BrF3N2S. The number of aromatic nitrogens is 1. The maximum atomic E-state index is 12.7. The largest absolute Gasteiger partial charge is 0.443 e. The van der Waals surface area contributed by atoms with Gasteiger partial charge in [-0.15, -0.1) is 11.3 Å². The van der Waals surface area contributed by atoms with Crippen LogP contribution in [0.5, 0.6) is 0 Å². The van der Waals surface area contributed by atoms with Gasteiger partial charge in [-0.3, -0.25) is 0 Å². The van der Waals surface area contributed by atoms with Gasteiger partial charge in [0.05, 0.1) is 6.04 Å². The Morgan fingerprint density at radius 3 is 2.71 bits per heavy atom. The second kappa shape index (κ2) is 6.89. The molecule has 0 aliphatic carbocycles. The van der Waals surface area contributed by atoms with Gasteiger partial charge in [0.2, 0.25) is 0 Å². The summed E-state index contributed by atoms with van der Waals surface area (Å²) in [5.74, 6) is 0. The predicted octanol–water partition coefficient (Wildman–Crippen LogP) is 5.01. The van der Waals surface area contributed by atoms with E-state index in [0.717, 1.165) is 23.0 Å². The molecule has 0 saturated heterocycles. The zero-order valence-corrected chi connectivity index (χ0v) is 13.6. The Morgan fingerprint density at radius 2 is 2.14 bits per heavy atom. The highest BCUT2D eigenvalue weighted by molar-refractivity contribution is 9.10. The average molecular weight is 379 g/mol. The SMILES string of the molecule is CCCNC(c1cccc(Br)c1)c1cnc(C(F)(F)F)s1. The van der Waals surface area contributed by atoms with Gasteiger partial charge in [-0.05, 0) is 30.7 Å². The van der Waals surface area contributed by atoms with E-state index in [9.17, 15) is 13.2 Å². The van der Waals surface area contributed by atoms with E-state index in [-0.39, 0.29) is 6.04 Å². The monoisotopic (exact) mass is 378 g/mol. The molecule has 0 saturated carbocycles. The molecule has 1 heterocycles. The van der Waals surface area contributed by atoms with E-state index in [2.05, 4.69) is 26.2 Å². The normalized spacial score (nSPS) is 13.4. The topological polar surface area (TPSA) is 24.9 Å². The third-order valence-electron chi connectivity index (χ3n) is 2.83. The van der Waals surface area contributed by atoms with Crippen molar-refractivity contribution in [3.05, 3.63) is 50.4 Å². The van der Waals surface area contributed by atoms with Gasteiger partial charge in [-0.25, -0.2) is 4.98 Å². The smallest absolute Gasteiger partial charge is 0.306 e. The van der Waals surface area contributed by atoms with Gasteiger partial charge in [-0.2, -0.15) is 13.2 Å². The van der Waals surface area contributed by atoms with Crippen LogP contribution in [0.3, 0.4) is 0 Å². The van der Waals surface area contributed by atoms with Crippen LogP contribution >= 0.6 is 27.3 Å². The van der Waals surface area contributed by atoms with Crippen molar-refractivity contribution in [2.24, 2.45) is 0 Å². The molecule has 1 atom stereocenters. The number of halogens is 4. The van der Waals surface area contributed by atoms with Gasteiger partial charge < -0.3 is 5.32 Å². The third kappa shape index (κ3) is 4.28. The molecule has 0 aliphatic rings. The number of benzene rings is 1. The highest BCUT2D eigenvalue weighted by atomic mass is 79.9. The molecule has 0 spiro atoms. The summed E-state index contributed by atoms with van der Waals surface area (Å²) in [6, 6.07) is 7.27. The van der Waals surface area contributed by atoms with Crippen LogP contribution in [0.15, 0.2) is 34.9 Å². The van der Waals surface area contributed by atoms with E-state index in [1.54, 1.807) is 0 Å². The molecule has 0 amide bonds. The summed E-state index contributed by atoms with van der Waals surface area (Å²) >= 11 is 4.07. The lowest BCUT2D eigenvalue weighted by atomic mass is 10.1. The first kappa shape index (κ1) is 16.5. The highest BCUT2D eigenvalue weighted by Crippen LogP contribution is 2.36. The Kier molecular flexibility index (Phi) is 5.40. The summed E-state index contributed by atoms with van der Waals surface area (Å²) in [7, 11) is 0. The lowest BCUT2D eigenvalue weighted by molar-refractivity contribution is -0.137. The van der Waals surface area contributed by atoms with Crippen LogP contribution in [0, 0.1) is 0 Å². The molecule has 21 heavy (non-hydrogen) atoms. The van der Waals surface area contributed by atoms with Crippen LogP contribution in [0.4, 0.5) is 13.2 Å². The molecule has 1 unspecified atom stereocenters. The number of alkyl halides is 3. The Balaban J connectivity index is 2.34. The Morgan fingerprint density at radius 1 is 1.38 bits per heavy atom. The van der Waals surface area contributed by atoms with E-state index in [4.69, 9.17) is 0 Å². The highest BCUT2D eigenvalue weighted by Gasteiger charge is 2.35. The minimum atomic E-state index is -4.39. The molecule has 0 radical (unpaired) electrons. The van der Waals surface area contributed by atoms with Gasteiger partial charge in [0.15, 0.2) is 5.01 Å². The van der Waals surface area contributed by atoms with Crippen molar-refractivity contribution < 1.29 is 13.2 Å². The Hall–Kier alpha value is -0.920. The van der Waals surface area contributed by atoms with Crippen LogP contribution < -0.4 is 5.32 Å². The first-order valence-corrected chi connectivity index (χ1v) is 8.04. The van der Waals surface area contributed by atoms with Crippen molar-refractivity contribution in [2.45, 2.75) is 25.6 Å². The summed E-state index contributed by atoms with van der Waals surface area (Å²) < 4.78 is 39.0. The standard InChI is InChI=1S/C14H14BrF3N2S/c1-2-6-19-12(9-4-3-5-10(15)7-9)11-8-20-13(21-11)14(16,17)18/h3-5,7-8,12,19H,2,6H2,1H3. The van der Waals surface area contributed by atoms with Gasteiger partial charge in [0.25, 0.3) is 0 Å². The van der Waals surface area contributed by atoms with Gasteiger partial charge in [-0.1, -0.05) is 35.0 Å². The molecule has 2 nitrogen and oxygen atoms in total. The van der Waals surface area contributed by atoms with Gasteiger partial charge in [0.1, 0.15) is 0 Å². The number of hydrogen-bond donors (Lipinski definition) is 1. The van der Waals surface area contributed by atoms with Crippen molar-refractivity contribution in [2.75, 3.05) is 6.54 Å². The minimum Gasteiger partial charge on any atom is -0.306 e. The average Bonchev–Trinajstić information content (AvgIpc) is 2.89. The maximum Gasteiger partial charge on any atom is 0.443 e. The van der Waals surface area contributed by atoms with Crippen molar-refractivity contribution in [1.82, 2.24) is 10.3 Å². The lowest BCUT2D eigenvalue weighted by Crippen LogP contribution is -2.22. The summed E-state index contributed by atoms with van der Waals surface area (Å²) in [6.45, 7) is 2.73. The summed E-state index contributed by atoms with van der Waals surface area (Å²) in [5, 5.41) is 2.47. The lowest BCUT2D eigenvalue weighted by Gasteiger charge is -2.17. The molecule has 114 valence electrons. The fourth-order valence-corrected chi connectivity index (χ4v) is 3.21. The molecule has 0 aliphatic heterocycles. The summed E-state index contributed by atoms with van der Waals surface area (Å²) in [4.78, 5) is 4.07. The Labute approximate surface area is 133 Å². The van der Waals surface area contributed by atoms with Crippen molar-refractivity contribution >= 4 is 27.3 Å². The molecule has 1 N–H and O–H groups in total. The zero-order valence-electron chi connectivity index (χ0n) is 11.2. The van der Waals surface area contributed by atoms with Crippen LogP contribution in [0.1, 0.15) is 34.8 Å².